The molecule has 32 heavy (non-hydrogen) atoms. The molecule has 0 aromatic carbocycles. The van der Waals surface area contributed by atoms with Crippen LogP contribution in [0.5, 0.6) is 0 Å². The van der Waals surface area contributed by atoms with Crippen LogP contribution in [0.4, 0.5) is 0 Å². The Kier molecular flexibility index (Phi) is 11.9. The summed E-state index contributed by atoms with van der Waals surface area (Å²) in [5, 5.41) is 50.3. The normalized spacial score (nSPS) is 14.2. The number of rotatable bonds is 15. The van der Waals surface area contributed by atoms with Crippen molar-refractivity contribution in [3.63, 3.8) is 0 Å². The van der Waals surface area contributed by atoms with E-state index in [1.165, 1.54) is 0 Å². The maximum Gasteiger partial charge on any atom is 0.326 e. The molecule has 0 aromatic rings. The topological polar surface area (TPSA) is 283 Å². The van der Waals surface area contributed by atoms with E-state index < -0.39 is 98.1 Å². The van der Waals surface area contributed by atoms with Gasteiger partial charge in [-0.3, -0.25) is 28.8 Å². The van der Waals surface area contributed by atoms with Crippen LogP contribution in [0.2, 0.25) is 0 Å². The summed E-state index contributed by atoms with van der Waals surface area (Å²) in [6, 6.07) is -6.87. The molecule has 0 radical (unpaired) electrons. The highest BCUT2D eigenvalue weighted by Crippen LogP contribution is 2.01. The molecular formula is C16H24N4O12. The number of hydrogen-bond donors (Lipinski definition) is 9. The molecule has 0 aromatic heterocycles. The highest BCUT2D eigenvalue weighted by Gasteiger charge is 2.31. The van der Waals surface area contributed by atoms with Crippen LogP contribution >= 0.6 is 0 Å². The highest BCUT2D eigenvalue weighted by atomic mass is 16.4. The van der Waals surface area contributed by atoms with Gasteiger partial charge in [0.15, 0.2) is 0 Å². The van der Waals surface area contributed by atoms with Gasteiger partial charge in [0.05, 0.1) is 25.5 Å². The first-order chi connectivity index (χ1) is 14.8. The van der Waals surface area contributed by atoms with Gasteiger partial charge in [0, 0.05) is 6.42 Å². The van der Waals surface area contributed by atoms with Gasteiger partial charge in [-0.05, 0) is 6.42 Å². The van der Waals surface area contributed by atoms with Gasteiger partial charge in [0.25, 0.3) is 0 Å². The molecule has 16 heteroatoms. The average Bonchev–Trinajstić information content (AvgIpc) is 2.66. The fourth-order valence-electron chi connectivity index (χ4n) is 2.21. The van der Waals surface area contributed by atoms with Crippen LogP contribution in [0.1, 0.15) is 25.7 Å². The third kappa shape index (κ3) is 10.8. The summed E-state index contributed by atoms with van der Waals surface area (Å²) in [4.78, 5) is 79.7. The van der Waals surface area contributed by atoms with E-state index in [0.717, 1.165) is 0 Å². The van der Waals surface area contributed by atoms with E-state index in [0.29, 0.717) is 0 Å². The summed E-state index contributed by atoms with van der Waals surface area (Å²) in [5.74, 6) is -9.55. The summed E-state index contributed by atoms with van der Waals surface area (Å²) in [6.07, 6.45) is -2.91. The minimum atomic E-state index is -1.82. The number of carbonyl (C=O) groups is 7. The van der Waals surface area contributed by atoms with E-state index in [9.17, 15) is 38.7 Å². The molecule has 0 aliphatic carbocycles. The van der Waals surface area contributed by atoms with E-state index in [2.05, 4.69) is 0 Å². The lowest BCUT2D eigenvalue weighted by Crippen LogP contribution is -2.58. The second kappa shape index (κ2) is 13.5. The van der Waals surface area contributed by atoms with E-state index >= 15 is 0 Å². The molecule has 0 heterocycles. The molecule has 3 amide bonds. The van der Waals surface area contributed by atoms with E-state index in [-0.39, 0.29) is 0 Å². The Labute approximate surface area is 179 Å². The number of amides is 3. The monoisotopic (exact) mass is 464 g/mol. The van der Waals surface area contributed by atoms with Crippen LogP contribution in [-0.4, -0.2) is 97.9 Å². The number of nitrogens with two attached hydrogens (primary N) is 1. The van der Waals surface area contributed by atoms with Gasteiger partial charge in [-0.2, -0.15) is 0 Å². The number of aliphatic hydroxyl groups is 1. The molecule has 0 spiro atoms. The Balaban J connectivity index is 5.27. The van der Waals surface area contributed by atoms with Crippen molar-refractivity contribution in [1.29, 1.82) is 0 Å². The van der Waals surface area contributed by atoms with Gasteiger partial charge in [-0.15, -0.1) is 0 Å². The number of aliphatic carboxylic acids is 4. The number of hydrogen-bond acceptors (Lipinski definition) is 9. The molecule has 0 saturated carbocycles. The molecule has 0 bridgehead atoms. The molecule has 0 rings (SSSR count). The largest absolute Gasteiger partial charge is 0.481 e. The third-order valence-corrected chi connectivity index (χ3v) is 3.82. The van der Waals surface area contributed by atoms with Gasteiger partial charge in [0.1, 0.15) is 18.1 Å². The van der Waals surface area contributed by atoms with Gasteiger partial charge in [-0.25, -0.2) is 4.79 Å². The van der Waals surface area contributed by atoms with Crippen molar-refractivity contribution in [3.05, 3.63) is 0 Å². The Morgan fingerprint density at radius 2 is 1.12 bits per heavy atom. The zero-order valence-electron chi connectivity index (χ0n) is 16.5. The first-order valence-electron chi connectivity index (χ1n) is 8.94. The highest BCUT2D eigenvalue weighted by molar-refractivity contribution is 5.96. The van der Waals surface area contributed by atoms with Crippen molar-refractivity contribution >= 4 is 41.6 Å². The zero-order chi connectivity index (χ0) is 25.0. The van der Waals surface area contributed by atoms with Crippen LogP contribution in [0, 0.1) is 0 Å². The molecule has 10 N–H and O–H groups in total. The van der Waals surface area contributed by atoms with Crippen molar-refractivity contribution in [2.75, 3.05) is 6.61 Å². The minimum absolute atomic E-state index is 0.498. The maximum atomic E-state index is 12.3. The lowest BCUT2D eigenvalue weighted by molar-refractivity contribution is -0.144. The summed E-state index contributed by atoms with van der Waals surface area (Å²) >= 11 is 0. The molecule has 0 fully saturated rings. The number of carbonyl (C=O) groups excluding carboxylic acids is 3. The van der Waals surface area contributed by atoms with Gasteiger partial charge in [-0.1, -0.05) is 0 Å². The van der Waals surface area contributed by atoms with E-state index in [1.807, 2.05) is 16.0 Å². The van der Waals surface area contributed by atoms with Crippen LogP contribution in [0.3, 0.4) is 0 Å². The van der Waals surface area contributed by atoms with Crippen LogP contribution in [0.25, 0.3) is 0 Å². The summed E-state index contributed by atoms with van der Waals surface area (Å²) < 4.78 is 0. The van der Waals surface area contributed by atoms with Crippen LogP contribution in [-0.2, 0) is 33.6 Å². The fourth-order valence-corrected chi connectivity index (χ4v) is 2.21. The molecule has 4 unspecified atom stereocenters. The summed E-state index contributed by atoms with van der Waals surface area (Å²) in [5.41, 5.74) is 5.33. The molecule has 0 saturated heterocycles. The van der Waals surface area contributed by atoms with E-state index in [4.69, 9.17) is 26.2 Å². The Hall–Kier alpha value is -3.79. The third-order valence-electron chi connectivity index (χ3n) is 3.82. The van der Waals surface area contributed by atoms with Crippen molar-refractivity contribution in [1.82, 2.24) is 16.0 Å². The molecule has 180 valence electrons. The fraction of sp³-hybridized carbons (Fsp3) is 0.562. The first-order valence-corrected chi connectivity index (χ1v) is 8.94. The van der Waals surface area contributed by atoms with Crippen molar-refractivity contribution < 1.29 is 59.1 Å². The van der Waals surface area contributed by atoms with Gasteiger partial charge >= 0.3 is 23.9 Å². The first kappa shape index (κ1) is 28.2. The second-order valence-corrected chi connectivity index (χ2v) is 6.44. The minimum Gasteiger partial charge on any atom is -0.481 e. The quantitative estimate of drug-likeness (QED) is 0.111. The molecule has 4 atom stereocenters. The maximum absolute atomic E-state index is 12.3. The average molecular weight is 464 g/mol. The van der Waals surface area contributed by atoms with E-state index in [1.54, 1.807) is 0 Å². The standard InChI is InChI=1S/C16H24N4O12/c17-6(3-11(24)25)13(28)19-8(4-12(26)27)14(29)20-9(5-21)15(30)18-7(16(31)32)1-2-10(22)23/h6-9,21H,1-5,17H2,(H,18,30)(H,19,28)(H,20,29)(H,22,23)(H,24,25)(H,26,27)(H,31,32). The van der Waals surface area contributed by atoms with Gasteiger partial charge in [0.2, 0.25) is 17.7 Å². The second-order valence-electron chi connectivity index (χ2n) is 6.44. The van der Waals surface area contributed by atoms with Crippen molar-refractivity contribution in [2.45, 2.75) is 49.9 Å². The summed E-state index contributed by atoms with van der Waals surface area (Å²) in [6.45, 7) is -1.06. The number of carboxylic acid groups (broad SMARTS) is 4. The number of nitrogens with one attached hydrogen (secondary N) is 3. The predicted molar refractivity (Wildman–Crippen MR) is 99.9 cm³/mol. The van der Waals surface area contributed by atoms with Crippen molar-refractivity contribution in [3.8, 4) is 0 Å². The lowest BCUT2D eigenvalue weighted by Gasteiger charge is -2.23. The molecule has 16 nitrogen and oxygen atoms in total. The van der Waals surface area contributed by atoms with Crippen LogP contribution in [0.15, 0.2) is 0 Å². The summed E-state index contributed by atoms with van der Waals surface area (Å²) in [7, 11) is 0. The van der Waals surface area contributed by atoms with Crippen LogP contribution < -0.4 is 21.7 Å². The van der Waals surface area contributed by atoms with Crippen molar-refractivity contribution in [2.24, 2.45) is 5.73 Å². The van der Waals surface area contributed by atoms with Gasteiger partial charge < -0.3 is 47.2 Å². The SMILES string of the molecule is NC(CC(=O)O)C(=O)NC(CC(=O)O)C(=O)NC(CO)C(=O)NC(CCC(=O)O)C(=O)O. The Bertz CT molecular complexity index is 755. The molecule has 0 aliphatic heterocycles. The Morgan fingerprint density at radius 1 is 0.656 bits per heavy atom. The predicted octanol–water partition coefficient (Wildman–Crippen LogP) is -4.34. The number of aliphatic hydroxyl groups excluding tert-OH is 1. The smallest absolute Gasteiger partial charge is 0.326 e. The zero-order valence-corrected chi connectivity index (χ0v) is 16.5. The molecular weight excluding hydrogens is 440 g/mol. The number of carboxylic acids is 4. The molecule has 0 aliphatic rings. The lowest BCUT2D eigenvalue weighted by atomic mass is 10.1. The Morgan fingerprint density at radius 3 is 1.56 bits per heavy atom.